The molecule has 0 aliphatic heterocycles. The molecule has 4 nitrogen and oxygen atoms in total. The van der Waals surface area contributed by atoms with Crippen molar-refractivity contribution in [1.29, 1.82) is 0 Å². The number of alkyl carbamates (subject to hydrolysis) is 1. The first-order chi connectivity index (χ1) is 7.62. The van der Waals surface area contributed by atoms with Crippen LogP contribution in [0.1, 0.15) is 53.9 Å². The summed E-state index contributed by atoms with van der Waals surface area (Å²) in [5.74, 6) is 0. The molecule has 0 aromatic heterocycles. The fourth-order valence-corrected chi connectivity index (χ4v) is 2.20. The van der Waals surface area contributed by atoms with Crippen LogP contribution in [0.4, 0.5) is 4.79 Å². The van der Waals surface area contributed by atoms with E-state index in [4.69, 9.17) is 10.5 Å². The van der Waals surface area contributed by atoms with Gasteiger partial charge in [-0.25, -0.2) is 4.79 Å². The van der Waals surface area contributed by atoms with Crippen molar-refractivity contribution in [3.8, 4) is 0 Å². The smallest absolute Gasteiger partial charge is 0.408 e. The van der Waals surface area contributed by atoms with Gasteiger partial charge in [-0.05, 0) is 46.6 Å². The van der Waals surface area contributed by atoms with Crippen LogP contribution in [0, 0.1) is 5.41 Å². The van der Waals surface area contributed by atoms with E-state index in [1.54, 1.807) is 0 Å². The van der Waals surface area contributed by atoms with Crippen LogP contribution in [0.5, 0.6) is 0 Å². The maximum Gasteiger partial charge on any atom is 0.408 e. The van der Waals surface area contributed by atoms with E-state index in [9.17, 15) is 4.79 Å². The number of ether oxygens (including phenoxy) is 1. The molecular weight excluding hydrogens is 216 g/mol. The van der Waals surface area contributed by atoms with Crippen molar-refractivity contribution in [1.82, 2.24) is 5.32 Å². The Labute approximate surface area is 104 Å². The van der Waals surface area contributed by atoms with Gasteiger partial charge in [0.1, 0.15) is 5.60 Å². The molecule has 0 radical (unpaired) electrons. The van der Waals surface area contributed by atoms with Crippen LogP contribution < -0.4 is 11.1 Å². The lowest BCUT2D eigenvalue weighted by Gasteiger charge is -2.53. The van der Waals surface area contributed by atoms with E-state index >= 15 is 0 Å². The van der Waals surface area contributed by atoms with Crippen molar-refractivity contribution >= 4 is 6.09 Å². The molecule has 0 saturated heterocycles. The number of nitrogens with two attached hydrogens (primary N) is 1. The molecule has 1 rings (SSSR count). The lowest BCUT2D eigenvalue weighted by atomic mass is 9.60. The molecule has 0 bridgehead atoms. The van der Waals surface area contributed by atoms with E-state index in [-0.39, 0.29) is 17.0 Å². The number of rotatable bonds is 3. The SMILES string of the molecule is CC(C)(C)OC(=O)NC1(C(C)(C)CN)CCC1. The topological polar surface area (TPSA) is 64.3 Å². The first kappa shape index (κ1) is 14.3. The molecule has 0 unspecified atom stereocenters. The normalized spacial score (nSPS) is 19.4. The Morgan fingerprint density at radius 1 is 1.29 bits per heavy atom. The minimum absolute atomic E-state index is 0.0951. The maximum absolute atomic E-state index is 11.9. The number of carbonyl (C=O) groups excluding carboxylic acids is 1. The molecule has 4 heteroatoms. The number of hydrogen-bond donors (Lipinski definition) is 2. The highest BCUT2D eigenvalue weighted by atomic mass is 16.6. The number of amides is 1. The Morgan fingerprint density at radius 2 is 1.82 bits per heavy atom. The van der Waals surface area contributed by atoms with Gasteiger partial charge in [-0.15, -0.1) is 0 Å². The lowest BCUT2D eigenvalue weighted by molar-refractivity contribution is 0.00777. The Balaban J connectivity index is 2.68. The van der Waals surface area contributed by atoms with E-state index in [0.717, 1.165) is 19.3 Å². The van der Waals surface area contributed by atoms with Crippen LogP contribution in [0.15, 0.2) is 0 Å². The minimum atomic E-state index is -0.456. The molecular formula is C13H26N2O2. The Hall–Kier alpha value is -0.770. The molecule has 17 heavy (non-hydrogen) atoms. The molecule has 0 aromatic rings. The van der Waals surface area contributed by atoms with Gasteiger partial charge in [-0.3, -0.25) is 0 Å². The van der Waals surface area contributed by atoms with Crippen molar-refractivity contribution in [3.63, 3.8) is 0 Å². The Bertz CT molecular complexity index is 288. The van der Waals surface area contributed by atoms with E-state index < -0.39 is 5.60 Å². The largest absolute Gasteiger partial charge is 0.444 e. The molecule has 1 fully saturated rings. The van der Waals surface area contributed by atoms with Crippen LogP contribution in [0.2, 0.25) is 0 Å². The highest BCUT2D eigenvalue weighted by molar-refractivity contribution is 5.69. The molecule has 0 spiro atoms. The van der Waals surface area contributed by atoms with Crippen LogP contribution in [0.3, 0.4) is 0 Å². The predicted molar refractivity (Wildman–Crippen MR) is 68.8 cm³/mol. The summed E-state index contributed by atoms with van der Waals surface area (Å²) in [6.45, 7) is 10.4. The summed E-state index contributed by atoms with van der Waals surface area (Å²) in [7, 11) is 0. The fraction of sp³-hybridized carbons (Fsp3) is 0.923. The molecule has 1 amide bonds. The number of hydrogen-bond acceptors (Lipinski definition) is 3. The van der Waals surface area contributed by atoms with Crippen molar-refractivity contribution in [2.24, 2.45) is 11.1 Å². The molecule has 1 aliphatic carbocycles. The second kappa shape index (κ2) is 4.48. The van der Waals surface area contributed by atoms with Crippen molar-refractivity contribution in [2.45, 2.75) is 65.0 Å². The standard InChI is InChI=1S/C13H26N2O2/c1-11(2,3)17-10(16)15-13(7-6-8-13)12(4,5)9-14/h6-9,14H2,1-5H3,(H,15,16). The molecule has 0 aromatic carbocycles. The summed E-state index contributed by atoms with van der Waals surface area (Å²) in [4.78, 5) is 11.9. The Kier molecular flexibility index (Phi) is 3.77. The van der Waals surface area contributed by atoms with Crippen molar-refractivity contribution in [3.05, 3.63) is 0 Å². The minimum Gasteiger partial charge on any atom is -0.444 e. The van der Waals surface area contributed by atoms with Gasteiger partial charge in [0.2, 0.25) is 0 Å². The van der Waals surface area contributed by atoms with Gasteiger partial charge < -0.3 is 15.8 Å². The summed E-state index contributed by atoms with van der Waals surface area (Å²) in [6, 6.07) is 0. The van der Waals surface area contributed by atoms with Gasteiger partial charge in [0, 0.05) is 11.0 Å². The zero-order chi connectivity index (χ0) is 13.3. The van der Waals surface area contributed by atoms with Gasteiger partial charge in [-0.2, -0.15) is 0 Å². The third-order valence-electron chi connectivity index (χ3n) is 3.75. The number of carbonyl (C=O) groups is 1. The van der Waals surface area contributed by atoms with Crippen LogP contribution in [-0.2, 0) is 4.74 Å². The van der Waals surface area contributed by atoms with Gasteiger partial charge in [0.05, 0.1) is 0 Å². The van der Waals surface area contributed by atoms with E-state index in [2.05, 4.69) is 19.2 Å². The molecule has 1 saturated carbocycles. The van der Waals surface area contributed by atoms with Gasteiger partial charge in [0.15, 0.2) is 0 Å². The second-order valence-electron chi connectivity index (χ2n) is 6.65. The predicted octanol–water partition coefficient (Wildman–Crippen LogP) is 2.42. The highest BCUT2D eigenvalue weighted by Gasteiger charge is 2.50. The molecule has 3 N–H and O–H groups in total. The summed E-state index contributed by atoms with van der Waals surface area (Å²) < 4.78 is 5.32. The monoisotopic (exact) mass is 242 g/mol. The van der Waals surface area contributed by atoms with Gasteiger partial charge >= 0.3 is 6.09 Å². The summed E-state index contributed by atoms with van der Waals surface area (Å²) in [5, 5.41) is 3.04. The van der Waals surface area contributed by atoms with Crippen LogP contribution >= 0.6 is 0 Å². The summed E-state index contributed by atoms with van der Waals surface area (Å²) >= 11 is 0. The zero-order valence-corrected chi connectivity index (χ0v) is 11.7. The highest BCUT2D eigenvalue weighted by Crippen LogP contribution is 2.45. The van der Waals surface area contributed by atoms with Gasteiger partial charge in [0.25, 0.3) is 0 Å². The maximum atomic E-state index is 11.9. The molecule has 1 aliphatic rings. The van der Waals surface area contributed by atoms with Crippen LogP contribution in [-0.4, -0.2) is 23.8 Å². The number of nitrogens with one attached hydrogen (secondary N) is 1. The van der Waals surface area contributed by atoms with E-state index in [1.165, 1.54) is 0 Å². The zero-order valence-electron chi connectivity index (χ0n) is 11.7. The van der Waals surface area contributed by atoms with E-state index in [0.29, 0.717) is 6.54 Å². The average Bonchev–Trinajstić information content (AvgIpc) is 2.08. The molecule has 0 heterocycles. The van der Waals surface area contributed by atoms with Gasteiger partial charge in [-0.1, -0.05) is 13.8 Å². The first-order valence-corrected chi connectivity index (χ1v) is 6.33. The average molecular weight is 242 g/mol. The fourth-order valence-electron chi connectivity index (χ4n) is 2.20. The Morgan fingerprint density at radius 3 is 2.12 bits per heavy atom. The molecule has 0 atom stereocenters. The van der Waals surface area contributed by atoms with Crippen LogP contribution in [0.25, 0.3) is 0 Å². The lowest BCUT2D eigenvalue weighted by Crippen LogP contribution is -2.64. The first-order valence-electron chi connectivity index (χ1n) is 6.33. The summed E-state index contributed by atoms with van der Waals surface area (Å²) in [6.07, 6.45) is 2.77. The summed E-state index contributed by atoms with van der Waals surface area (Å²) in [5.41, 5.74) is 5.07. The van der Waals surface area contributed by atoms with E-state index in [1.807, 2.05) is 20.8 Å². The quantitative estimate of drug-likeness (QED) is 0.799. The van der Waals surface area contributed by atoms with Crippen molar-refractivity contribution in [2.75, 3.05) is 6.54 Å². The van der Waals surface area contributed by atoms with Crippen molar-refractivity contribution < 1.29 is 9.53 Å². The second-order valence-corrected chi connectivity index (χ2v) is 6.65. The third kappa shape index (κ3) is 3.12. The molecule has 100 valence electrons. The third-order valence-corrected chi connectivity index (χ3v) is 3.75.